The van der Waals surface area contributed by atoms with Crippen LogP contribution in [-0.2, 0) is 23.9 Å². The minimum Gasteiger partial charge on any atom is -0.494 e. The monoisotopic (exact) mass is 488 g/mol. The highest BCUT2D eigenvalue weighted by molar-refractivity contribution is 5.60. The van der Waals surface area contributed by atoms with Gasteiger partial charge in [0.25, 0.3) is 0 Å². The maximum atomic E-state index is 6.22. The zero-order valence-corrected chi connectivity index (χ0v) is 23.8. The van der Waals surface area contributed by atoms with Crippen LogP contribution in [0, 0.1) is 0 Å². The van der Waals surface area contributed by atoms with Gasteiger partial charge in [0.1, 0.15) is 18.8 Å². The number of pyridine rings is 2. The van der Waals surface area contributed by atoms with E-state index in [-0.39, 0.29) is 10.8 Å². The highest BCUT2D eigenvalue weighted by Gasteiger charge is 2.21. The van der Waals surface area contributed by atoms with Crippen molar-refractivity contribution in [3.8, 4) is 16.9 Å². The smallest absolute Gasteiger partial charge is 0.169 e. The van der Waals surface area contributed by atoms with E-state index in [0.29, 0.717) is 0 Å². The molecule has 0 unspecified atom stereocenters. The van der Waals surface area contributed by atoms with Gasteiger partial charge in [-0.1, -0.05) is 61.0 Å². The Kier molecular flexibility index (Phi) is 9.70. The maximum absolute atomic E-state index is 6.22. The fourth-order valence-electron chi connectivity index (χ4n) is 4.28. The molecule has 0 amide bonds. The molecule has 3 nitrogen and oxygen atoms in total. The molecule has 3 aromatic rings. The molecule has 2 heterocycles. The Balaban J connectivity index is 1.48. The molecule has 3 heteroatoms. The number of aryl methyl sites for hydroxylation is 2. The highest BCUT2D eigenvalue weighted by atomic mass is 16.5. The van der Waals surface area contributed by atoms with E-state index in [4.69, 9.17) is 4.74 Å². The summed E-state index contributed by atoms with van der Waals surface area (Å²) in [7, 11) is 0. The van der Waals surface area contributed by atoms with Gasteiger partial charge >= 0.3 is 0 Å². The normalized spacial score (nSPS) is 12.1. The quantitative estimate of drug-likeness (QED) is 0.201. The molecule has 0 N–H and O–H groups in total. The Morgan fingerprint density at radius 1 is 0.611 bits per heavy atom. The van der Waals surface area contributed by atoms with Gasteiger partial charge in [0.2, 0.25) is 0 Å². The molecule has 0 atom stereocenters. The lowest BCUT2D eigenvalue weighted by Crippen LogP contribution is -2.33. The zero-order chi connectivity index (χ0) is 26.2. The van der Waals surface area contributed by atoms with Crippen molar-refractivity contribution in [2.75, 3.05) is 6.61 Å². The molecule has 2 aromatic heterocycles. The zero-order valence-electron chi connectivity index (χ0n) is 23.8. The van der Waals surface area contributed by atoms with Crippen LogP contribution in [0.5, 0.6) is 5.75 Å². The first-order valence-electron chi connectivity index (χ1n) is 13.8. The standard InChI is InChI=1S/C33H48N2O/c1-8-9-10-17-34-19-13-27(14-20-34)28-15-21-35(22-16-28)18-11-12-23-36-31-25-29(32(2,3)4)24-30(26-31)33(5,6)7/h13-16,19-22,24-26H,8-12,17-18,23H2,1-7H3/q+2. The highest BCUT2D eigenvalue weighted by Crippen LogP contribution is 2.33. The van der Waals surface area contributed by atoms with Crippen LogP contribution in [0.15, 0.2) is 67.3 Å². The second-order valence-corrected chi connectivity index (χ2v) is 12.2. The molecule has 36 heavy (non-hydrogen) atoms. The third-order valence-corrected chi connectivity index (χ3v) is 6.85. The Hall–Kier alpha value is -2.68. The van der Waals surface area contributed by atoms with E-state index in [2.05, 4.69) is 125 Å². The number of nitrogens with zero attached hydrogens (tertiary/aromatic N) is 2. The van der Waals surface area contributed by atoms with Gasteiger partial charge in [-0.15, -0.1) is 0 Å². The number of hydrogen-bond donors (Lipinski definition) is 0. The Morgan fingerprint density at radius 2 is 1.06 bits per heavy atom. The summed E-state index contributed by atoms with van der Waals surface area (Å²) >= 11 is 0. The maximum Gasteiger partial charge on any atom is 0.169 e. The Bertz CT molecular complexity index is 1040. The van der Waals surface area contributed by atoms with Gasteiger partial charge in [0, 0.05) is 37.1 Å². The minimum atomic E-state index is 0.109. The van der Waals surface area contributed by atoms with Gasteiger partial charge in [-0.05, 0) is 58.1 Å². The third kappa shape index (κ3) is 8.47. The van der Waals surface area contributed by atoms with Crippen LogP contribution < -0.4 is 13.9 Å². The largest absolute Gasteiger partial charge is 0.494 e. The van der Waals surface area contributed by atoms with Crippen molar-refractivity contribution in [1.82, 2.24) is 0 Å². The summed E-state index contributed by atoms with van der Waals surface area (Å²) in [6, 6.07) is 15.7. The van der Waals surface area contributed by atoms with Gasteiger partial charge < -0.3 is 4.74 Å². The first-order chi connectivity index (χ1) is 17.1. The summed E-state index contributed by atoms with van der Waals surface area (Å²) in [4.78, 5) is 0. The molecule has 1 aromatic carbocycles. The molecule has 0 radical (unpaired) electrons. The number of rotatable bonds is 11. The van der Waals surface area contributed by atoms with Gasteiger partial charge in [-0.3, -0.25) is 0 Å². The minimum absolute atomic E-state index is 0.109. The fraction of sp³-hybridized carbons (Fsp3) is 0.515. The first-order valence-corrected chi connectivity index (χ1v) is 13.8. The first kappa shape index (κ1) is 27.9. The second-order valence-electron chi connectivity index (χ2n) is 12.2. The lowest BCUT2D eigenvalue weighted by molar-refractivity contribution is -0.697. The number of aromatic nitrogens is 2. The van der Waals surface area contributed by atoms with Crippen molar-refractivity contribution in [1.29, 1.82) is 0 Å². The molecular formula is C33H48N2O+2. The van der Waals surface area contributed by atoms with Gasteiger partial charge in [0.05, 0.1) is 6.61 Å². The van der Waals surface area contributed by atoms with Crippen LogP contribution in [0.1, 0.15) is 91.7 Å². The number of unbranched alkanes of at least 4 members (excludes halogenated alkanes) is 3. The van der Waals surface area contributed by atoms with Crippen molar-refractivity contribution in [2.45, 2.75) is 104 Å². The predicted octanol–water partition coefficient (Wildman–Crippen LogP) is 7.57. The number of benzene rings is 1. The molecule has 0 saturated heterocycles. The van der Waals surface area contributed by atoms with E-state index in [9.17, 15) is 0 Å². The molecule has 0 fully saturated rings. The lowest BCUT2D eigenvalue weighted by atomic mass is 9.80. The number of ether oxygens (including phenoxy) is 1. The van der Waals surface area contributed by atoms with Gasteiger partial charge in [-0.2, -0.15) is 0 Å². The molecule has 0 spiro atoms. The molecule has 3 rings (SSSR count). The number of hydrogen-bond acceptors (Lipinski definition) is 1. The van der Waals surface area contributed by atoms with Crippen molar-refractivity contribution < 1.29 is 13.9 Å². The van der Waals surface area contributed by atoms with Crippen LogP contribution in [0.2, 0.25) is 0 Å². The van der Waals surface area contributed by atoms with E-state index < -0.39 is 0 Å². The van der Waals surface area contributed by atoms with E-state index >= 15 is 0 Å². The third-order valence-electron chi connectivity index (χ3n) is 6.85. The van der Waals surface area contributed by atoms with Crippen LogP contribution >= 0.6 is 0 Å². The molecule has 0 aliphatic rings. The summed E-state index contributed by atoms with van der Waals surface area (Å²) in [5, 5.41) is 0. The summed E-state index contributed by atoms with van der Waals surface area (Å²) in [5.41, 5.74) is 5.43. The lowest BCUT2D eigenvalue weighted by Gasteiger charge is -2.26. The van der Waals surface area contributed by atoms with Crippen LogP contribution in [-0.4, -0.2) is 6.61 Å². The molecule has 0 aliphatic carbocycles. The molecule has 0 aliphatic heterocycles. The van der Waals surface area contributed by atoms with E-state index in [1.165, 1.54) is 41.5 Å². The van der Waals surface area contributed by atoms with Crippen LogP contribution in [0.4, 0.5) is 0 Å². The summed E-state index contributed by atoms with van der Waals surface area (Å²) in [6.45, 7) is 18.7. The summed E-state index contributed by atoms with van der Waals surface area (Å²) in [6.07, 6.45) is 14.7. The molecule has 0 bridgehead atoms. The average molecular weight is 489 g/mol. The topological polar surface area (TPSA) is 17.0 Å². The average Bonchev–Trinajstić information content (AvgIpc) is 2.84. The van der Waals surface area contributed by atoms with Crippen molar-refractivity contribution in [3.63, 3.8) is 0 Å². The van der Waals surface area contributed by atoms with Crippen molar-refractivity contribution in [3.05, 3.63) is 78.4 Å². The van der Waals surface area contributed by atoms with Gasteiger partial charge in [0.15, 0.2) is 24.8 Å². The molecule has 0 saturated carbocycles. The second kappa shape index (κ2) is 12.5. The SMILES string of the molecule is CCCCC[n+]1ccc(-c2cc[n+](CCCCOc3cc(C(C)(C)C)cc(C(C)(C)C)c3)cc2)cc1. The summed E-state index contributed by atoms with van der Waals surface area (Å²) in [5.74, 6) is 0.999. The molecule has 194 valence electrons. The van der Waals surface area contributed by atoms with Crippen molar-refractivity contribution >= 4 is 0 Å². The van der Waals surface area contributed by atoms with Crippen LogP contribution in [0.3, 0.4) is 0 Å². The summed E-state index contributed by atoms with van der Waals surface area (Å²) < 4.78 is 10.8. The van der Waals surface area contributed by atoms with Crippen molar-refractivity contribution in [2.24, 2.45) is 0 Å². The van der Waals surface area contributed by atoms with E-state index in [0.717, 1.165) is 38.3 Å². The van der Waals surface area contributed by atoms with E-state index in [1.54, 1.807) is 0 Å². The fourth-order valence-corrected chi connectivity index (χ4v) is 4.28. The van der Waals surface area contributed by atoms with E-state index in [1.807, 2.05) is 0 Å². The Morgan fingerprint density at radius 3 is 1.47 bits per heavy atom. The predicted molar refractivity (Wildman–Crippen MR) is 150 cm³/mol. The van der Waals surface area contributed by atoms with Gasteiger partial charge in [-0.25, -0.2) is 9.13 Å². The van der Waals surface area contributed by atoms with Crippen LogP contribution in [0.25, 0.3) is 11.1 Å². The molecular weight excluding hydrogens is 440 g/mol. The Labute approximate surface area is 220 Å².